The summed E-state index contributed by atoms with van der Waals surface area (Å²) in [5.41, 5.74) is 4.28. The number of fused-ring (bicyclic) bond motifs is 2. The number of nitrogens with one attached hydrogen (secondary N) is 2. The molecule has 9 heteroatoms. The van der Waals surface area contributed by atoms with E-state index in [0.717, 1.165) is 40.7 Å². The number of urea groups is 1. The fourth-order valence-electron chi connectivity index (χ4n) is 4.40. The maximum Gasteiger partial charge on any atom is 0.326 e. The van der Waals surface area contributed by atoms with E-state index in [1.54, 1.807) is 32.3 Å². The molecule has 2 amide bonds. The number of rotatable bonds is 6. The molecule has 0 bridgehead atoms. The molecule has 1 aliphatic heterocycles. The Balaban J connectivity index is 1.40. The van der Waals surface area contributed by atoms with E-state index in [-0.39, 0.29) is 6.03 Å². The van der Waals surface area contributed by atoms with Crippen LogP contribution in [-0.4, -0.2) is 43.9 Å². The first-order valence-corrected chi connectivity index (χ1v) is 11.6. The summed E-state index contributed by atoms with van der Waals surface area (Å²) < 4.78 is 16.1. The molecule has 0 spiro atoms. The zero-order chi connectivity index (χ0) is 25.1. The monoisotopic (exact) mass is 485 g/mol. The molecule has 0 saturated carbocycles. The Bertz CT molecular complexity index is 1420. The van der Waals surface area contributed by atoms with Crippen LogP contribution in [0.2, 0.25) is 0 Å². The standard InChI is InChI=1S/C27H27N5O4/c1-34-20-8-4-7-18(13-20)31-27(33)32-11-5-6-17-12-19(9-10-23(17)32)30-26-21-14-24(35-2)25(36-3)15-22(21)28-16-29-26/h4,7-10,12-16H,5-6,11H2,1-3H3,(H,31,33)(H,28,29,30). The minimum atomic E-state index is -0.173. The van der Waals surface area contributed by atoms with Crippen molar-refractivity contribution in [2.75, 3.05) is 43.4 Å². The normalized spacial score (nSPS) is 12.6. The number of nitrogens with zero attached hydrogens (tertiary/aromatic N) is 3. The lowest BCUT2D eigenvalue weighted by molar-refractivity contribution is 0.256. The molecule has 1 aliphatic rings. The first-order valence-electron chi connectivity index (χ1n) is 11.6. The Hall–Kier alpha value is -4.53. The van der Waals surface area contributed by atoms with Crippen molar-refractivity contribution >= 4 is 39.8 Å². The van der Waals surface area contributed by atoms with Gasteiger partial charge in [0.1, 0.15) is 17.9 Å². The van der Waals surface area contributed by atoms with Crippen molar-refractivity contribution in [1.82, 2.24) is 9.97 Å². The lowest BCUT2D eigenvalue weighted by atomic mass is 10.0. The van der Waals surface area contributed by atoms with Gasteiger partial charge in [0.05, 0.1) is 26.8 Å². The number of carbonyl (C=O) groups is 1. The molecule has 9 nitrogen and oxygen atoms in total. The first-order chi connectivity index (χ1) is 17.6. The Morgan fingerprint density at radius 2 is 1.75 bits per heavy atom. The first kappa shape index (κ1) is 23.2. The number of carbonyl (C=O) groups excluding carboxylic acids is 1. The highest BCUT2D eigenvalue weighted by Crippen LogP contribution is 2.36. The van der Waals surface area contributed by atoms with Gasteiger partial charge in [-0.1, -0.05) is 6.07 Å². The zero-order valence-corrected chi connectivity index (χ0v) is 20.4. The van der Waals surface area contributed by atoms with E-state index in [0.29, 0.717) is 35.3 Å². The number of hydrogen-bond donors (Lipinski definition) is 2. The van der Waals surface area contributed by atoms with Gasteiger partial charge >= 0.3 is 6.03 Å². The molecule has 0 aliphatic carbocycles. The van der Waals surface area contributed by atoms with Gasteiger partial charge < -0.3 is 24.8 Å². The predicted octanol–water partition coefficient (Wildman–Crippen LogP) is 5.38. The number of ether oxygens (including phenoxy) is 3. The molecule has 1 aromatic heterocycles. The highest BCUT2D eigenvalue weighted by molar-refractivity contribution is 6.03. The van der Waals surface area contributed by atoms with Crippen LogP contribution in [0.4, 0.5) is 27.7 Å². The highest BCUT2D eigenvalue weighted by Gasteiger charge is 2.23. The Labute approximate surface area is 209 Å². The average Bonchev–Trinajstić information content (AvgIpc) is 2.92. The maximum absolute atomic E-state index is 13.1. The third-order valence-electron chi connectivity index (χ3n) is 6.17. The molecule has 0 radical (unpaired) electrons. The molecular weight excluding hydrogens is 458 g/mol. The third kappa shape index (κ3) is 4.55. The van der Waals surface area contributed by atoms with E-state index in [4.69, 9.17) is 14.2 Å². The van der Waals surface area contributed by atoms with E-state index in [9.17, 15) is 4.79 Å². The summed E-state index contributed by atoms with van der Waals surface area (Å²) in [6.45, 7) is 0.647. The molecule has 5 rings (SSSR count). The fourth-order valence-corrected chi connectivity index (χ4v) is 4.40. The molecule has 0 unspecified atom stereocenters. The van der Waals surface area contributed by atoms with Gasteiger partial charge in [0.2, 0.25) is 0 Å². The minimum Gasteiger partial charge on any atom is -0.497 e. The van der Waals surface area contributed by atoms with Gasteiger partial charge in [0, 0.05) is 41.1 Å². The van der Waals surface area contributed by atoms with Crippen LogP contribution < -0.4 is 29.7 Å². The van der Waals surface area contributed by atoms with E-state index in [1.807, 2.05) is 42.5 Å². The third-order valence-corrected chi connectivity index (χ3v) is 6.17. The van der Waals surface area contributed by atoms with Crippen LogP contribution in [0, 0.1) is 0 Å². The topological polar surface area (TPSA) is 97.8 Å². The van der Waals surface area contributed by atoms with Crippen LogP contribution in [0.15, 0.2) is 60.9 Å². The molecule has 184 valence electrons. The van der Waals surface area contributed by atoms with Crippen LogP contribution in [0.1, 0.15) is 12.0 Å². The van der Waals surface area contributed by atoms with Crippen molar-refractivity contribution < 1.29 is 19.0 Å². The second kappa shape index (κ2) is 9.99. The number of methoxy groups -OCH3 is 3. The predicted molar refractivity (Wildman–Crippen MR) is 140 cm³/mol. The van der Waals surface area contributed by atoms with Crippen LogP contribution >= 0.6 is 0 Å². The van der Waals surface area contributed by atoms with Gasteiger partial charge in [0.25, 0.3) is 0 Å². The number of aromatic nitrogens is 2. The fraction of sp³-hybridized carbons (Fsp3) is 0.222. The highest BCUT2D eigenvalue weighted by atomic mass is 16.5. The van der Waals surface area contributed by atoms with Crippen molar-refractivity contribution in [1.29, 1.82) is 0 Å². The summed E-state index contributed by atoms with van der Waals surface area (Å²) in [5.74, 6) is 2.56. The summed E-state index contributed by atoms with van der Waals surface area (Å²) in [7, 11) is 4.79. The lowest BCUT2D eigenvalue weighted by Crippen LogP contribution is -2.38. The maximum atomic E-state index is 13.1. The minimum absolute atomic E-state index is 0.173. The number of aryl methyl sites for hydroxylation is 1. The van der Waals surface area contributed by atoms with Gasteiger partial charge in [-0.15, -0.1) is 0 Å². The zero-order valence-electron chi connectivity index (χ0n) is 20.4. The average molecular weight is 486 g/mol. The second-order valence-electron chi connectivity index (χ2n) is 8.33. The largest absolute Gasteiger partial charge is 0.497 e. The Morgan fingerprint density at radius 1 is 0.917 bits per heavy atom. The molecular formula is C27H27N5O4. The van der Waals surface area contributed by atoms with Gasteiger partial charge in [-0.05, 0) is 54.8 Å². The van der Waals surface area contributed by atoms with Crippen molar-refractivity contribution in [2.24, 2.45) is 0 Å². The summed E-state index contributed by atoms with van der Waals surface area (Å²) in [5, 5.41) is 7.19. The van der Waals surface area contributed by atoms with Gasteiger partial charge in [-0.25, -0.2) is 14.8 Å². The molecule has 4 aromatic rings. The van der Waals surface area contributed by atoms with Gasteiger partial charge in [0.15, 0.2) is 11.5 Å². The van der Waals surface area contributed by atoms with Crippen molar-refractivity contribution in [2.45, 2.75) is 12.8 Å². The lowest BCUT2D eigenvalue weighted by Gasteiger charge is -2.30. The Morgan fingerprint density at radius 3 is 2.56 bits per heavy atom. The molecule has 0 atom stereocenters. The van der Waals surface area contributed by atoms with Crippen LogP contribution in [0.5, 0.6) is 17.2 Å². The van der Waals surface area contributed by atoms with Crippen molar-refractivity contribution in [3.63, 3.8) is 0 Å². The summed E-state index contributed by atoms with van der Waals surface area (Å²) >= 11 is 0. The number of amides is 2. The molecule has 36 heavy (non-hydrogen) atoms. The SMILES string of the molecule is COc1cccc(NC(=O)N2CCCc3cc(Nc4ncnc5cc(OC)c(OC)cc45)ccc32)c1. The second-order valence-corrected chi connectivity index (χ2v) is 8.33. The summed E-state index contributed by atoms with van der Waals surface area (Å²) in [6.07, 6.45) is 3.26. The van der Waals surface area contributed by atoms with Crippen LogP contribution in [-0.2, 0) is 6.42 Å². The van der Waals surface area contributed by atoms with Crippen molar-refractivity contribution in [3.05, 3.63) is 66.5 Å². The molecule has 2 heterocycles. The van der Waals surface area contributed by atoms with E-state index in [2.05, 4.69) is 26.7 Å². The van der Waals surface area contributed by atoms with Gasteiger partial charge in [-0.2, -0.15) is 0 Å². The van der Waals surface area contributed by atoms with E-state index in [1.165, 1.54) is 6.33 Å². The number of hydrogen-bond acceptors (Lipinski definition) is 7. The smallest absolute Gasteiger partial charge is 0.326 e. The molecule has 3 aromatic carbocycles. The van der Waals surface area contributed by atoms with Crippen LogP contribution in [0.25, 0.3) is 10.9 Å². The number of anilines is 4. The quantitative estimate of drug-likeness (QED) is 0.378. The van der Waals surface area contributed by atoms with Crippen LogP contribution in [0.3, 0.4) is 0 Å². The van der Waals surface area contributed by atoms with Crippen molar-refractivity contribution in [3.8, 4) is 17.2 Å². The summed E-state index contributed by atoms with van der Waals surface area (Å²) in [4.78, 5) is 23.7. The molecule has 2 N–H and O–H groups in total. The molecule has 0 saturated heterocycles. The molecule has 0 fully saturated rings. The van der Waals surface area contributed by atoms with E-state index >= 15 is 0 Å². The van der Waals surface area contributed by atoms with Gasteiger partial charge in [-0.3, -0.25) is 4.90 Å². The van der Waals surface area contributed by atoms with E-state index < -0.39 is 0 Å². The number of benzene rings is 3. The Kier molecular flexibility index (Phi) is 6.44. The summed E-state index contributed by atoms with van der Waals surface area (Å²) in [6, 6.07) is 16.8.